The summed E-state index contributed by atoms with van der Waals surface area (Å²) < 4.78 is 0. The van der Waals surface area contributed by atoms with E-state index in [9.17, 15) is 0 Å². The number of hydrogen-bond donors (Lipinski definition) is 1. The van der Waals surface area contributed by atoms with Gasteiger partial charge >= 0.3 is 0 Å². The van der Waals surface area contributed by atoms with Crippen LogP contribution in [0, 0.1) is 0 Å². The molecule has 0 bridgehead atoms. The van der Waals surface area contributed by atoms with Gasteiger partial charge in [-0.25, -0.2) is 0 Å². The third-order valence-electron chi connectivity index (χ3n) is 4.63. The number of likely N-dealkylation sites (N-methyl/N-ethyl adjacent to an activating group) is 1. The molecule has 2 unspecified atom stereocenters. The zero-order valence-corrected chi connectivity index (χ0v) is 13.4. The minimum absolute atomic E-state index is 0.614. The molecule has 19 heavy (non-hydrogen) atoms. The molecule has 0 saturated carbocycles. The maximum absolute atomic E-state index is 6.00. The van der Waals surface area contributed by atoms with Gasteiger partial charge in [0.25, 0.3) is 0 Å². The van der Waals surface area contributed by atoms with Crippen molar-refractivity contribution in [2.75, 3.05) is 32.7 Å². The number of nitrogens with two attached hydrogens (primary N) is 1. The average molecular weight is 269 g/mol. The van der Waals surface area contributed by atoms with E-state index >= 15 is 0 Å². The Balaban J connectivity index is 2.26. The van der Waals surface area contributed by atoms with Crippen LogP contribution in [-0.4, -0.2) is 54.6 Å². The van der Waals surface area contributed by atoms with Gasteiger partial charge in [-0.15, -0.1) is 0 Å². The molecule has 114 valence electrons. The molecule has 1 fully saturated rings. The standard InChI is InChI=1S/C16H35N3/c1-4-6-7-8-9-10-16(13-17)19-12-11-18(5-2)15(3)14-19/h15-16H,4-14,17H2,1-3H3. The van der Waals surface area contributed by atoms with Gasteiger partial charge in [0, 0.05) is 38.3 Å². The van der Waals surface area contributed by atoms with Crippen LogP contribution >= 0.6 is 0 Å². The molecule has 0 radical (unpaired) electrons. The Hall–Kier alpha value is -0.120. The zero-order chi connectivity index (χ0) is 14.1. The van der Waals surface area contributed by atoms with Crippen molar-refractivity contribution >= 4 is 0 Å². The number of rotatable bonds is 9. The predicted octanol–water partition coefficient (Wildman–Crippen LogP) is 2.70. The smallest absolute Gasteiger partial charge is 0.0219 e. The highest BCUT2D eigenvalue weighted by molar-refractivity contribution is 4.83. The van der Waals surface area contributed by atoms with Gasteiger partial charge in [0.05, 0.1) is 0 Å². The maximum atomic E-state index is 6.00. The van der Waals surface area contributed by atoms with E-state index < -0.39 is 0 Å². The fourth-order valence-electron chi connectivity index (χ4n) is 3.26. The highest BCUT2D eigenvalue weighted by Gasteiger charge is 2.26. The molecule has 3 nitrogen and oxygen atoms in total. The molecule has 1 rings (SSSR count). The van der Waals surface area contributed by atoms with Gasteiger partial charge in [-0.3, -0.25) is 9.80 Å². The molecule has 0 aromatic rings. The van der Waals surface area contributed by atoms with E-state index in [-0.39, 0.29) is 0 Å². The van der Waals surface area contributed by atoms with Crippen molar-refractivity contribution in [2.24, 2.45) is 5.73 Å². The van der Waals surface area contributed by atoms with Gasteiger partial charge in [0.2, 0.25) is 0 Å². The summed E-state index contributed by atoms with van der Waals surface area (Å²) in [7, 11) is 0. The van der Waals surface area contributed by atoms with Gasteiger partial charge in [-0.05, 0) is 19.9 Å². The van der Waals surface area contributed by atoms with E-state index in [2.05, 4.69) is 30.6 Å². The molecule has 0 spiro atoms. The van der Waals surface area contributed by atoms with Crippen molar-refractivity contribution < 1.29 is 0 Å². The summed E-state index contributed by atoms with van der Waals surface area (Å²) in [5.41, 5.74) is 6.00. The van der Waals surface area contributed by atoms with Crippen LogP contribution in [0.4, 0.5) is 0 Å². The lowest BCUT2D eigenvalue weighted by molar-refractivity contribution is 0.0575. The second kappa shape index (κ2) is 9.73. The lowest BCUT2D eigenvalue weighted by Crippen LogP contribution is -2.56. The van der Waals surface area contributed by atoms with Crippen LogP contribution in [0.3, 0.4) is 0 Å². The second-order valence-corrected chi connectivity index (χ2v) is 6.06. The minimum Gasteiger partial charge on any atom is -0.329 e. The average Bonchev–Trinajstić information content (AvgIpc) is 2.43. The van der Waals surface area contributed by atoms with Crippen molar-refractivity contribution in [3.05, 3.63) is 0 Å². The molecular weight excluding hydrogens is 234 g/mol. The van der Waals surface area contributed by atoms with E-state index in [1.165, 1.54) is 64.7 Å². The summed E-state index contributed by atoms with van der Waals surface area (Å²) in [6.45, 7) is 12.5. The number of nitrogens with zero attached hydrogens (tertiary/aromatic N) is 2. The summed E-state index contributed by atoms with van der Waals surface area (Å²) in [5.74, 6) is 0. The minimum atomic E-state index is 0.614. The van der Waals surface area contributed by atoms with Gasteiger partial charge in [-0.2, -0.15) is 0 Å². The Morgan fingerprint density at radius 1 is 1.11 bits per heavy atom. The van der Waals surface area contributed by atoms with Gasteiger partial charge in [0.1, 0.15) is 0 Å². The normalized spacial score (nSPS) is 23.7. The topological polar surface area (TPSA) is 32.5 Å². The number of piperazine rings is 1. The molecule has 0 amide bonds. The monoisotopic (exact) mass is 269 g/mol. The summed E-state index contributed by atoms with van der Waals surface area (Å²) >= 11 is 0. The maximum Gasteiger partial charge on any atom is 0.0219 e. The third-order valence-corrected chi connectivity index (χ3v) is 4.63. The molecule has 3 heteroatoms. The van der Waals surface area contributed by atoms with Crippen molar-refractivity contribution in [1.29, 1.82) is 0 Å². The van der Waals surface area contributed by atoms with Crippen molar-refractivity contribution in [3.63, 3.8) is 0 Å². The summed E-state index contributed by atoms with van der Waals surface area (Å²) in [5, 5.41) is 0. The molecule has 0 aromatic heterocycles. The first kappa shape index (κ1) is 16.9. The first-order chi connectivity index (χ1) is 9.22. The molecule has 2 atom stereocenters. The van der Waals surface area contributed by atoms with Crippen LogP contribution in [-0.2, 0) is 0 Å². The van der Waals surface area contributed by atoms with Crippen LogP contribution in [0.2, 0.25) is 0 Å². The molecule has 1 aliphatic heterocycles. The summed E-state index contributed by atoms with van der Waals surface area (Å²) in [6.07, 6.45) is 8.14. The van der Waals surface area contributed by atoms with Gasteiger partial charge in [0.15, 0.2) is 0 Å². The zero-order valence-electron chi connectivity index (χ0n) is 13.4. The van der Waals surface area contributed by atoms with Crippen molar-refractivity contribution in [3.8, 4) is 0 Å². The lowest BCUT2D eigenvalue weighted by Gasteiger charge is -2.42. The van der Waals surface area contributed by atoms with Crippen LogP contribution in [0.5, 0.6) is 0 Å². The number of unbranched alkanes of at least 4 members (excludes halogenated alkanes) is 4. The molecule has 1 heterocycles. The SMILES string of the molecule is CCCCCCCC(CN)N1CCN(CC)C(C)C1. The Labute approximate surface area is 120 Å². The third kappa shape index (κ3) is 5.80. The highest BCUT2D eigenvalue weighted by Crippen LogP contribution is 2.16. The Bertz CT molecular complexity index is 220. The summed E-state index contributed by atoms with van der Waals surface area (Å²) in [4.78, 5) is 5.21. The van der Waals surface area contributed by atoms with Crippen LogP contribution in [0.25, 0.3) is 0 Å². The second-order valence-electron chi connectivity index (χ2n) is 6.06. The molecule has 1 saturated heterocycles. The van der Waals surface area contributed by atoms with Gasteiger partial charge < -0.3 is 5.73 Å². The van der Waals surface area contributed by atoms with E-state index in [1.807, 2.05) is 0 Å². The molecular formula is C16H35N3. The fourth-order valence-corrected chi connectivity index (χ4v) is 3.26. The fraction of sp³-hybridized carbons (Fsp3) is 1.00. The Kier molecular flexibility index (Phi) is 8.67. The Morgan fingerprint density at radius 3 is 2.42 bits per heavy atom. The largest absolute Gasteiger partial charge is 0.329 e. The molecule has 1 aliphatic rings. The lowest BCUT2D eigenvalue weighted by atomic mass is 10.0. The quantitative estimate of drug-likeness (QED) is 0.653. The van der Waals surface area contributed by atoms with Crippen LogP contribution in [0.1, 0.15) is 59.3 Å². The van der Waals surface area contributed by atoms with Crippen LogP contribution < -0.4 is 5.73 Å². The first-order valence-electron chi connectivity index (χ1n) is 8.41. The van der Waals surface area contributed by atoms with Crippen LogP contribution in [0.15, 0.2) is 0 Å². The highest BCUT2D eigenvalue weighted by atomic mass is 15.3. The van der Waals surface area contributed by atoms with E-state index in [4.69, 9.17) is 5.73 Å². The molecule has 2 N–H and O–H groups in total. The molecule has 0 aliphatic carbocycles. The first-order valence-corrected chi connectivity index (χ1v) is 8.41. The van der Waals surface area contributed by atoms with Gasteiger partial charge in [-0.1, -0.05) is 46.0 Å². The summed E-state index contributed by atoms with van der Waals surface area (Å²) in [6, 6.07) is 1.30. The van der Waals surface area contributed by atoms with E-state index in [1.54, 1.807) is 0 Å². The number of hydrogen-bond acceptors (Lipinski definition) is 3. The van der Waals surface area contributed by atoms with Crippen molar-refractivity contribution in [2.45, 2.75) is 71.4 Å². The van der Waals surface area contributed by atoms with E-state index in [0.29, 0.717) is 12.1 Å². The predicted molar refractivity (Wildman–Crippen MR) is 84.5 cm³/mol. The van der Waals surface area contributed by atoms with E-state index in [0.717, 1.165) is 6.54 Å². The Morgan fingerprint density at radius 2 is 1.84 bits per heavy atom. The van der Waals surface area contributed by atoms with Crippen molar-refractivity contribution in [1.82, 2.24) is 9.80 Å². The molecule has 0 aromatic carbocycles.